The number of fused-ring (bicyclic) bond motifs is 1. The van der Waals surface area contributed by atoms with Gasteiger partial charge >= 0.3 is 0 Å². The minimum atomic E-state index is -1.06. The molecule has 0 unspecified atom stereocenters. The van der Waals surface area contributed by atoms with Gasteiger partial charge < -0.3 is 9.84 Å². The molecule has 2 N–H and O–H groups in total. The van der Waals surface area contributed by atoms with Gasteiger partial charge in [0.25, 0.3) is 11.8 Å². The quantitative estimate of drug-likeness (QED) is 0.614. The molecule has 1 fully saturated rings. The van der Waals surface area contributed by atoms with Crippen LogP contribution in [0.4, 0.5) is 0 Å². The first-order valence-corrected chi connectivity index (χ1v) is 8.30. The van der Waals surface area contributed by atoms with E-state index in [0.29, 0.717) is 24.1 Å². The van der Waals surface area contributed by atoms with Crippen LogP contribution >= 0.6 is 0 Å². The van der Waals surface area contributed by atoms with Crippen molar-refractivity contribution in [1.29, 1.82) is 0 Å². The molecule has 24 heavy (non-hydrogen) atoms. The Hall–Kier alpha value is -1.76. The highest BCUT2D eigenvalue weighted by molar-refractivity contribution is 6.21. The van der Waals surface area contributed by atoms with Gasteiger partial charge in [0, 0.05) is 12.1 Å². The average Bonchev–Trinajstić information content (AvgIpc) is 3.19. The number of nitrogens with zero attached hydrogens (tertiary/aromatic N) is 1. The highest BCUT2D eigenvalue weighted by Crippen LogP contribution is 2.40. The number of aliphatic hydroxyl groups is 1. The van der Waals surface area contributed by atoms with E-state index in [2.05, 4.69) is 5.32 Å². The molecule has 6 nitrogen and oxygen atoms in total. The minimum absolute atomic E-state index is 0.238. The van der Waals surface area contributed by atoms with E-state index in [1.54, 1.807) is 24.3 Å². The number of ether oxygens (including phenoxy) is 1. The van der Waals surface area contributed by atoms with Crippen molar-refractivity contribution in [1.82, 2.24) is 10.2 Å². The van der Waals surface area contributed by atoms with E-state index >= 15 is 0 Å². The number of carbonyl (C=O) groups is 2. The monoisotopic (exact) mass is 332 g/mol. The van der Waals surface area contributed by atoms with Crippen LogP contribution in [0.15, 0.2) is 24.3 Å². The molecule has 0 bridgehead atoms. The molecule has 2 amide bonds. The van der Waals surface area contributed by atoms with Crippen molar-refractivity contribution in [3.8, 4) is 0 Å². The van der Waals surface area contributed by atoms with E-state index in [0.717, 1.165) is 12.8 Å². The largest absolute Gasteiger partial charge is 0.356 e. The van der Waals surface area contributed by atoms with Crippen molar-refractivity contribution in [3.05, 3.63) is 35.4 Å². The molecular formula is C18H24N2O4. The fraction of sp³-hybridized carbons (Fsp3) is 0.556. The number of hydrogen-bond donors (Lipinski definition) is 2. The van der Waals surface area contributed by atoms with Crippen molar-refractivity contribution in [2.75, 3.05) is 6.54 Å². The van der Waals surface area contributed by atoms with Crippen LogP contribution in [0.3, 0.4) is 0 Å². The number of benzene rings is 1. The van der Waals surface area contributed by atoms with E-state index in [4.69, 9.17) is 4.74 Å². The molecular weight excluding hydrogens is 308 g/mol. The number of rotatable bonds is 6. The fourth-order valence-corrected chi connectivity index (χ4v) is 3.01. The van der Waals surface area contributed by atoms with E-state index < -0.39 is 12.0 Å². The molecule has 1 aromatic carbocycles. The second-order valence-electron chi connectivity index (χ2n) is 7.56. The lowest BCUT2D eigenvalue weighted by Crippen LogP contribution is -2.46. The molecule has 1 saturated carbocycles. The van der Waals surface area contributed by atoms with Crippen LogP contribution in [-0.2, 0) is 4.74 Å². The Bertz CT molecular complexity index is 626. The van der Waals surface area contributed by atoms with Gasteiger partial charge in [-0.2, -0.15) is 0 Å². The Labute approximate surface area is 141 Å². The highest BCUT2D eigenvalue weighted by atomic mass is 16.6. The predicted molar refractivity (Wildman–Crippen MR) is 88.4 cm³/mol. The maximum atomic E-state index is 12.4. The van der Waals surface area contributed by atoms with Gasteiger partial charge in [0.1, 0.15) is 0 Å². The Morgan fingerprint density at radius 2 is 1.75 bits per heavy atom. The summed E-state index contributed by atoms with van der Waals surface area (Å²) < 4.78 is 5.48. The summed E-state index contributed by atoms with van der Waals surface area (Å²) in [5, 5.41) is 13.1. The van der Waals surface area contributed by atoms with Crippen LogP contribution in [0.5, 0.6) is 0 Å². The van der Waals surface area contributed by atoms with Gasteiger partial charge in [0.05, 0.1) is 16.7 Å². The SMILES string of the molecule is CC(C)(C)O[C@H](O)NC1(CCN2C(=O)c3ccccc3C2=O)CC1. The Balaban J connectivity index is 1.59. The summed E-state index contributed by atoms with van der Waals surface area (Å²) in [7, 11) is 0. The van der Waals surface area contributed by atoms with Gasteiger partial charge in [-0.15, -0.1) is 0 Å². The van der Waals surface area contributed by atoms with Crippen LogP contribution in [0.1, 0.15) is 60.7 Å². The van der Waals surface area contributed by atoms with E-state index in [9.17, 15) is 14.7 Å². The van der Waals surface area contributed by atoms with Crippen molar-refractivity contribution >= 4 is 11.8 Å². The number of nitrogens with one attached hydrogen (secondary N) is 1. The van der Waals surface area contributed by atoms with E-state index in [1.807, 2.05) is 20.8 Å². The van der Waals surface area contributed by atoms with Crippen molar-refractivity contribution in [2.24, 2.45) is 0 Å². The van der Waals surface area contributed by atoms with Crippen LogP contribution < -0.4 is 5.32 Å². The predicted octanol–water partition coefficient (Wildman–Crippen LogP) is 1.89. The van der Waals surface area contributed by atoms with Gasteiger partial charge in [0.2, 0.25) is 6.41 Å². The van der Waals surface area contributed by atoms with Crippen molar-refractivity contribution in [3.63, 3.8) is 0 Å². The number of carbonyl (C=O) groups excluding carboxylic acids is 2. The number of imide groups is 1. The topological polar surface area (TPSA) is 78.9 Å². The second-order valence-corrected chi connectivity index (χ2v) is 7.56. The second kappa shape index (κ2) is 5.95. The van der Waals surface area contributed by atoms with Crippen molar-refractivity contribution in [2.45, 2.75) is 57.6 Å². The third kappa shape index (κ3) is 3.50. The lowest BCUT2D eigenvalue weighted by Gasteiger charge is -2.28. The molecule has 2 aliphatic rings. The summed E-state index contributed by atoms with van der Waals surface area (Å²) in [5.41, 5.74) is 0.221. The standard InChI is InChI=1S/C18H24N2O4/c1-17(2,3)24-16(23)19-18(8-9-18)10-11-20-14(21)12-6-4-5-7-13(12)15(20)22/h4-7,16,19,23H,8-11H2,1-3H3/t16-/m0/s1. The summed E-state index contributed by atoms with van der Waals surface area (Å²) in [6.45, 7) is 5.95. The Kier molecular flexibility index (Phi) is 4.23. The fourth-order valence-electron chi connectivity index (χ4n) is 3.01. The summed E-state index contributed by atoms with van der Waals surface area (Å²) in [6, 6.07) is 6.89. The zero-order valence-electron chi connectivity index (χ0n) is 14.3. The zero-order valence-corrected chi connectivity index (χ0v) is 14.3. The first-order chi connectivity index (χ1) is 11.2. The summed E-state index contributed by atoms with van der Waals surface area (Å²) in [5.74, 6) is -0.476. The number of aliphatic hydroxyl groups excluding tert-OH is 1. The molecule has 1 heterocycles. The lowest BCUT2D eigenvalue weighted by molar-refractivity contribution is -0.187. The Morgan fingerprint density at radius 3 is 2.21 bits per heavy atom. The van der Waals surface area contributed by atoms with Crippen LogP contribution in [0, 0.1) is 0 Å². The van der Waals surface area contributed by atoms with Crippen molar-refractivity contribution < 1.29 is 19.4 Å². The van der Waals surface area contributed by atoms with Gasteiger partial charge in [-0.3, -0.25) is 19.8 Å². The third-order valence-corrected chi connectivity index (χ3v) is 4.44. The highest BCUT2D eigenvalue weighted by Gasteiger charge is 2.46. The number of amides is 2. The molecule has 0 spiro atoms. The molecule has 0 radical (unpaired) electrons. The van der Waals surface area contributed by atoms with Gasteiger partial charge in [-0.05, 0) is 52.2 Å². The molecule has 1 aliphatic carbocycles. The molecule has 1 aliphatic heterocycles. The van der Waals surface area contributed by atoms with Crippen LogP contribution in [0.2, 0.25) is 0 Å². The lowest BCUT2D eigenvalue weighted by atomic mass is 10.1. The molecule has 3 rings (SSSR count). The van der Waals surface area contributed by atoms with Crippen LogP contribution in [-0.4, -0.2) is 45.9 Å². The zero-order chi connectivity index (χ0) is 17.5. The first kappa shape index (κ1) is 17.1. The average molecular weight is 332 g/mol. The summed E-state index contributed by atoms with van der Waals surface area (Å²) in [4.78, 5) is 26.0. The molecule has 0 aromatic heterocycles. The van der Waals surface area contributed by atoms with Gasteiger partial charge in [0.15, 0.2) is 0 Å². The minimum Gasteiger partial charge on any atom is -0.356 e. The van der Waals surface area contributed by atoms with E-state index in [-0.39, 0.29) is 17.4 Å². The summed E-state index contributed by atoms with van der Waals surface area (Å²) >= 11 is 0. The summed E-state index contributed by atoms with van der Waals surface area (Å²) in [6.07, 6.45) is 1.32. The van der Waals surface area contributed by atoms with Gasteiger partial charge in [-0.25, -0.2) is 0 Å². The molecule has 130 valence electrons. The Morgan fingerprint density at radius 1 is 1.21 bits per heavy atom. The number of hydrogen-bond acceptors (Lipinski definition) is 5. The molecule has 1 atom stereocenters. The third-order valence-electron chi connectivity index (χ3n) is 4.44. The normalized spacial score (nSPS) is 20.2. The molecule has 1 aromatic rings. The van der Waals surface area contributed by atoms with Gasteiger partial charge in [-0.1, -0.05) is 12.1 Å². The molecule has 6 heteroatoms. The smallest absolute Gasteiger partial charge is 0.261 e. The van der Waals surface area contributed by atoms with Crippen LogP contribution in [0.25, 0.3) is 0 Å². The van der Waals surface area contributed by atoms with E-state index in [1.165, 1.54) is 4.90 Å². The molecule has 0 saturated heterocycles. The maximum absolute atomic E-state index is 12.4. The maximum Gasteiger partial charge on any atom is 0.261 e. The first-order valence-electron chi connectivity index (χ1n) is 8.30.